The maximum absolute atomic E-state index is 12.5. The van der Waals surface area contributed by atoms with E-state index < -0.39 is 42.0 Å². The molecule has 0 bridgehead atoms. The molecule has 0 aliphatic rings. The van der Waals surface area contributed by atoms with Crippen LogP contribution in [0, 0.1) is 0 Å². The summed E-state index contributed by atoms with van der Waals surface area (Å²) >= 11 is 0. The Balaban J connectivity index is 2.93. The van der Waals surface area contributed by atoms with E-state index in [1.807, 2.05) is 5.32 Å². The van der Waals surface area contributed by atoms with Gasteiger partial charge in [0, 0.05) is 5.56 Å². The number of alkyl halides is 3. The molecule has 1 aromatic rings. The highest BCUT2D eigenvalue weighted by atomic mass is 19.4. The summed E-state index contributed by atoms with van der Waals surface area (Å²) in [6, 6.07) is 1.85. The summed E-state index contributed by atoms with van der Waals surface area (Å²) in [7, 11) is 0. The predicted octanol–water partition coefficient (Wildman–Crippen LogP) is 0.764. The Morgan fingerprint density at radius 2 is 1.90 bits per heavy atom. The molecule has 0 saturated carbocycles. The number of carbonyl (C=O) groups is 3. The number of carboxylic acids is 1. The number of carbonyl (C=O) groups excluding carboxylic acids is 2. The van der Waals surface area contributed by atoms with E-state index >= 15 is 0 Å². The Hall–Kier alpha value is -2.58. The van der Waals surface area contributed by atoms with Gasteiger partial charge in [0.15, 0.2) is 0 Å². The van der Waals surface area contributed by atoms with Crippen molar-refractivity contribution in [2.75, 3.05) is 0 Å². The lowest BCUT2D eigenvalue weighted by molar-refractivity contribution is -0.141. The summed E-state index contributed by atoms with van der Waals surface area (Å²) < 4.78 is 37.5. The van der Waals surface area contributed by atoms with Crippen molar-refractivity contribution in [3.63, 3.8) is 0 Å². The van der Waals surface area contributed by atoms with Gasteiger partial charge in [-0.3, -0.25) is 9.59 Å². The van der Waals surface area contributed by atoms with Crippen LogP contribution in [0.5, 0.6) is 0 Å². The maximum Gasteiger partial charge on any atom is 0.416 e. The Bertz CT molecular complexity index is 572. The molecule has 1 rings (SSSR count). The molecule has 1 atom stereocenters. The van der Waals surface area contributed by atoms with Gasteiger partial charge in [-0.15, -0.1) is 0 Å². The van der Waals surface area contributed by atoms with E-state index in [1.165, 1.54) is 0 Å². The minimum absolute atomic E-state index is 0.374. The molecule has 21 heavy (non-hydrogen) atoms. The third kappa shape index (κ3) is 4.79. The van der Waals surface area contributed by atoms with Crippen LogP contribution in [0.4, 0.5) is 13.2 Å². The summed E-state index contributed by atoms with van der Waals surface area (Å²) in [6.07, 6.45) is -5.30. The smallest absolute Gasteiger partial charge is 0.416 e. The predicted molar refractivity (Wildman–Crippen MR) is 64.1 cm³/mol. The minimum atomic E-state index is -4.63. The number of nitrogens with one attached hydrogen (secondary N) is 1. The van der Waals surface area contributed by atoms with Crippen molar-refractivity contribution in [3.8, 4) is 0 Å². The molecule has 114 valence electrons. The van der Waals surface area contributed by atoms with Gasteiger partial charge in [-0.25, -0.2) is 4.79 Å². The molecule has 6 nitrogen and oxygen atoms in total. The number of halogens is 3. The molecule has 0 heterocycles. The van der Waals surface area contributed by atoms with Gasteiger partial charge in [0.05, 0.1) is 12.0 Å². The number of rotatable bonds is 5. The first kappa shape index (κ1) is 16.5. The molecule has 0 spiro atoms. The van der Waals surface area contributed by atoms with Crippen LogP contribution in [0.2, 0.25) is 0 Å². The number of carboxylic acid groups (broad SMARTS) is 1. The van der Waals surface area contributed by atoms with Gasteiger partial charge in [0.2, 0.25) is 5.91 Å². The van der Waals surface area contributed by atoms with E-state index in [2.05, 4.69) is 0 Å². The lowest BCUT2D eigenvalue weighted by atomic mass is 10.1. The van der Waals surface area contributed by atoms with Crippen LogP contribution >= 0.6 is 0 Å². The van der Waals surface area contributed by atoms with Gasteiger partial charge in [0.25, 0.3) is 5.91 Å². The second kappa shape index (κ2) is 6.25. The normalized spacial score (nSPS) is 12.5. The first-order valence-electron chi connectivity index (χ1n) is 5.60. The highest BCUT2D eigenvalue weighted by molar-refractivity contribution is 5.97. The zero-order valence-electron chi connectivity index (χ0n) is 10.5. The number of aliphatic carboxylic acids is 1. The van der Waals surface area contributed by atoms with Gasteiger partial charge in [-0.2, -0.15) is 13.2 Å². The molecular formula is C12H11F3N2O4. The quantitative estimate of drug-likeness (QED) is 0.746. The summed E-state index contributed by atoms with van der Waals surface area (Å²) in [5, 5.41) is 10.7. The summed E-state index contributed by atoms with van der Waals surface area (Å²) in [4.78, 5) is 33.2. The second-order valence-electron chi connectivity index (χ2n) is 4.11. The van der Waals surface area contributed by atoms with Crippen molar-refractivity contribution in [3.05, 3.63) is 35.4 Å². The molecule has 9 heteroatoms. The molecule has 4 N–H and O–H groups in total. The first-order chi connectivity index (χ1) is 9.61. The van der Waals surface area contributed by atoms with E-state index in [9.17, 15) is 27.6 Å². The maximum atomic E-state index is 12.5. The van der Waals surface area contributed by atoms with Crippen LogP contribution in [0.15, 0.2) is 24.3 Å². The third-order valence-electron chi connectivity index (χ3n) is 2.46. The molecule has 0 aliphatic heterocycles. The largest absolute Gasteiger partial charge is 0.480 e. The van der Waals surface area contributed by atoms with Crippen LogP contribution in [0.3, 0.4) is 0 Å². The number of benzene rings is 1. The molecule has 0 unspecified atom stereocenters. The highest BCUT2D eigenvalue weighted by Gasteiger charge is 2.31. The molecule has 0 aromatic heterocycles. The topological polar surface area (TPSA) is 109 Å². The van der Waals surface area contributed by atoms with Gasteiger partial charge < -0.3 is 16.2 Å². The second-order valence-corrected chi connectivity index (χ2v) is 4.11. The average Bonchev–Trinajstić information content (AvgIpc) is 2.36. The van der Waals surface area contributed by atoms with E-state index in [0.29, 0.717) is 6.07 Å². The molecule has 2 amide bonds. The van der Waals surface area contributed by atoms with Crippen molar-refractivity contribution >= 4 is 17.8 Å². The first-order valence-corrected chi connectivity index (χ1v) is 5.60. The molecule has 0 saturated heterocycles. The molecule has 0 radical (unpaired) electrons. The Labute approximate surface area is 116 Å². The summed E-state index contributed by atoms with van der Waals surface area (Å²) in [5.74, 6) is -3.53. The fourth-order valence-corrected chi connectivity index (χ4v) is 1.48. The number of hydrogen-bond donors (Lipinski definition) is 3. The lowest BCUT2D eigenvalue weighted by Crippen LogP contribution is -2.43. The lowest BCUT2D eigenvalue weighted by Gasteiger charge is -2.13. The van der Waals surface area contributed by atoms with E-state index in [1.54, 1.807) is 0 Å². The Kier molecular flexibility index (Phi) is 4.90. The van der Waals surface area contributed by atoms with E-state index in [-0.39, 0.29) is 5.56 Å². The SMILES string of the molecule is NC(=O)C[C@H](NC(=O)c1cccc(C(F)(F)F)c1)C(=O)O. The fraction of sp³-hybridized carbons (Fsp3) is 0.250. The Morgan fingerprint density at radius 1 is 1.29 bits per heavy atom. The zero-order valence-corrected chi connectivity index (χ0v) is 10.5. The average molecular weight is 304 g/mol. The minimum Gasteiger partial charge on any atom is -0.480 e. The van der Waals surface area contributed by atoms with Gasteiger partial charge in [-0.05, 0) is 18.2 Å². The number of primary amides is 1. The summed E-state index contributed by atoms with van der Waals surface area (Å²) in [5.41, 5.74) is 3.41. The van der Waals surface area contributed by atoms with Crippen LogP contribution in [0.1, 0.15) is 22.3 Å². The standard InChI is InChI=1S/C12H11F3N2O4/c13-12(14,15)7-3-1-2-6(4-7)10(19)17-8(11(20)21)5-9(16)18/h1-4,8H,5H2,(H2,16,18)(H,17,19)(H,20,21)/t8-/m0/s1. The fourth-order valence-electron chi connectivity index (χ4n) is 1.48. The monoisotopic (exact) mass is 304 g/mol. The summed E-state index contributed by atoms with van der Waals surface area (Å²) in [6.45, 7) is 0. The molecule has 1 aromatic carbocycles. The van der Waals surface area contributed by atoms with E-state index in [4.69, 9.17) is 10.8 Å². The number of hydrogen-bond acceptors (Lipinski definition) is 3. The van der Waals surface area contributed by atoms with Crippen LogP contribution in [0.25, 0.3) is 0 Å². The Morgan fingerprint density at radius 3 is 2.38 bits per heavy atom. The van der Waals surface area contributed by atoms with Crippen molar-refractivity contribution in [1.29, 1.82) is 0 Å². The van der Waals surface area contributed by atoms with Gasteiger partial charge in [-0.1, -0.05) is 6.07 Å². The molecule has 0 aliphatic carbocycles. The van der Waals surface area contributed by atoms with Crippen molar-refractivity contribution in [1.82, 2.24) is 5.32 Å². The van der Waals surface area contributed by atoms with Crippen molar-refractivity contribution < 1.29 is 32.7 Å². The third-order valence-corrected chi connectivity index (χ3v) is 2.46. The van der Waals surface area contributed by atoms with Crippen molar-refractivity contribution in [2.45, 2.75) is 18.6 Å². The number of nitrogens with two attached hydrogens (primary N) is 1. The zero-order chi connectivity index (χ0) is 16.2. The van der Waals surface area contributed by atoms with Gasteiger partial charge in [0.1, 0.15) is 6.04 Å². The van der Waals surface area contributed by atoms with Crippen molar-refractivity contribution in [2.24, 2.45) is 5.73 Å². The molecule has 0 fully saturated rings. The van der Waals surface area contributed by atoms with Crippen LogP contribution in [-0.2, 0) is 15.8 Å². The number of amides is 2. The highest BCUT2D eigenvalue weighted by Crippen LogP contribution is 2.29. The van der Waals surface area contributed by atoms with Crippen LogP contribution in [-0.4, -0.2) is 28.9 Å². The van der Waals surface area contributed by atoms with Crippen LogP contribution < -0.4 is 11.1 Å². The van der Waals surface area contributed by atoms with Gasteiger partial charge >= 0.3 is 12.1 Å². The van der Waals surface area contributed by atoms with E-state index in [0.717, 1.165) is 18.2 Å². The molecular weight excluding hydrogens is 293 g/mol.